The Kier molecular flexibility index (Phi) is 2.30. The first-order valence-electron chi connectivity index (χ1n) is 7.07. The van der Waals surface area contributed by atoms with E-state index in [4.69, 9.17) is 4.74 Å². The number of carbonyl (C=O) groups is 1. The minimum atomic E-state index is 0.0981. The van der Waals surface area contributed by atoms with Gasteiger partial charge in [0.1, 0.15) is 5.78 Å². The highest BCUT2D eigenvalue weighted by Gasteiger charge is 2.67. The molecule has 3 fully saturated rings. The Bertz CT molecular complexity index is 362. The number of ether oxygens (including phenoxy) is 1. The second-order valence-electron chi connectivity index (χ2n) is 7.26. The Morgan fingerprint density at radius 1 is 1.35 bits per heavy atom. The summed E-state index contributed by atoms with van der Waals surface area (Å²) in [4.78, 5) is 12.3. The summed E-state index contributed by atoms with van der Waals surface area (Å²) in [7, 11) is 0. The van der Waals surface area contributed by atoms with E-state index in [1.54, 1.807) is 0 Å². The van der Waals surface area contributed by atoms with Gasteiger partial charge in [0.15, 0.2) is 0 Å². The first-order chi connectivity index (χ1) is 7.87. The van der Waals surface area contributed by atoms with Gasteiger partial charge in [-0.05, 0) is 43.4 Å². The first kappa shape index (κ1) is 11.7. The molecule has 1 heterocycles. The number of fused-ring (bicyclic) bond motifs is 3. The second-order valence-corrected chi connectivity index (χ2v) is 7.26. The fourth-order valence-corrected chi connectivity index (χ4v) is 4.54. The van der Waals surface area contributed by atoms with Crippen molar-refractivity contribution in [3.05, 3.63) is 0 Å². The highest BCUT2D eigenvalue weighted by atomic mass is 16.6. The molecule has 0 aromatic rings. The average molecular weight is 236 g/mol. The minimum absolute atomic E-state index is 0.0981. The lowest BCUT2D eigenvalue weighted by Gasteiger charge is -2.48. The standard InChI is InChI=1S/C15H24O2/c1-9(2)10-7-12-14(3,8-11(10)16)6-5-13-15(12,4)17-13/h9-10,12-13H,5-8H2,1-4H3/t10-,12-,13-,14-,15+/m1/s1. The van der Waals surface area contributed by atoms with Gasteiger partial charge in [0, 0.05) is 12.3 Å². The molecule has 3 aliphatic rings. The molecule has 2 nitrogen and oxygen atoms in total. The minimum Gasteiger partial charge on any atom is -0.366 e. The summed E-state index contributed by atoms with van der Waals surface area (Å²) >= 11 is 0. The van der Waals surface area contributed by atoms with Crippen molar-refractivity contribution in [3.8, 4) is 0 Å². The van der Waals surface area contributed by atoms with E-state index < -0.39 is 0 Å². The van der Waals surface area contributed by atoms with Crippen molar-refractivity contribution in [2.45, 2.75) is 65.1 Å². The van der Waals surface area contributed by atoms with E-state index in [1.807, 2.05) is 0 Å². The van der Waals surface area contributed by atoms with E-state index in [9.17, 15) is 4.79 Å². The number of epoxide rings is 1. The molecule has 0 radical (unpaired) electrons. The fourth-order valence-electron chi connectivity index (χ4n) is 4.54. The van der Waals surface area contributed by atoms with E-state index in [-0.39, 0.29) is 16.9 Å². The third kappa shape index (κ3) is 1.53. The van der Waals surface area contributed by atoms with E-state index in [2.05, 4.69) is 27.7 Å². The van der Waals surface area contributed by atoms with E-state index >= 15 is 0 Å². The molecule has 2 heteroatoms. The van der Waals surface area contributed by atoms with Gasteiger partial charge < -0.3 is 4.74 Å². The lowest BCUT2D eigenvalue weighted by atomic mass is 9.53. The van der Waals surface area contributed by atoms with Crippen molar-refractivity contribution in [2.24, 2.45) is 23.2 Å². The van der Waals surface area contributed by atoms with Crippen LogP contribution in [-0.2, 0) is 9.53 Å². The van der Waals surface area contributed by atoms with Crippen LogP contribution in [0.25, 0.3) is 0 Å². The zero-order valence-electron chi connectivity index (χ0n) is 11.5. The Balaban J connectivity index is 1.89. The predicted molar refractivity (Wildman–Crippen MR) is 66.7 cm³/mol. The smallest absolute Gasteiger partial charge is 0.136 e. The number of Topliss-reactive ketones (excluding diaryl/α,β-unsaturated/α-hetero) is 1. The number of hydrogen-bond donors (Lipinski definition) is 0. The second kappa shape index (κ2) is 3.34. The van der Waals surface area contributed by atoms with Crippen LogP contribution in [0.15, 0.2) is 0 Å². The number of rotatable bonds is 1. The lowest BCUT2D eigenvalue weighted by Crippen LogP contribution is -2.50. The van der Waals surface area contributed by atoms with Gasteiger partial charge in [-0.25, -0.2) is 0 Å². The predicted octanol–water partition coefficient (Wildman–Crippen LogP) is 3.20. The van der Waals surface area contributed by atoms with Crippen LogP contribution >= 0.6 is 0 Å². The number of hydrogen-bond acceptors (Lipinski definition) is 2. The van der Waals surface area contributed by atoms with Gasteiger partial charge in [0.2, 0.25) is 0 Å². The maximum atomic E-state index is 12.3. The largest absolute Gasteiger partial charge is 0.366 e. The molecule has 17 heavy (non-hydrogen) atoms. The molecule has 2 aliphatic carbocycles. The highest BCUT2D eigenvalue weighted by Crippen LogP contribution is 2.63. The van der Waals surface area contributed by atoms with Gasteiger partial charge >= 0.3 is 0 Å². The third-order valence-electron chi connectivity index (χ3n) is 5.78. The van der Waals surface area contributed by atoms with Gasteiger partial charge in [-0.2, -0.15) is 0 Å². The maximum Gasteiger partial charge on any atom is 0.136 e. The Morgan fingerprint density at radius 3 is 2.71 bits per heavy atom. The zero-order chi connectivity index (χ0) is 12.4. The van der Waals surface area contributed by atoms with Crippen molar-refractivity contribution < 1.29 is 9.53 Å². The van der Waals surface area contributed by atoms with Crippen LogP contribution in [0.2, 0.25) is 0 Å². The van der Waals surface area contributed by atoms with Crippen molar-refractivity contribution in [2.75, 3.05) is 0 Å². The molecule has 0 aromatic heterocycles. The van der Waals surface area contributed by atoms with Crippen LogP contribution in [0.4, 0.5) is 0 Å². The molecule has 1 saturated heterocycles. The van der Waals surface area contributed by atoms with Gasteiger partial charge in [-0.1, -0.05) is 20.8 Å². The van der Waals surface area contributed by atoms with Crippen LogP contribution in [0, 0.1) is 23.2 Å². The lowest BCUT2D eigenvalue weighted by molar-refractivity contribution is -0.135. The Labute approximate surface area is 104 Å². The molecule has 0 bridgehead atoms. The summed E-state index contributed by atoms with van der Waals surface area (Å²) in [5, 5.41) is 0. The van der Waals surface area contributed by atoms with Gasteiger partial charge in [0.25, 0.3) is 0 Å². The third-order valence-corrected chi connectivity index (χ3v) is 5.78. The first-order valence-corrected chi connectivity index (χ1v) is 7.07. The quantitative estimate of drug-likeness (QED) is 0.654. The molecule has 1 aliphatic heterocycles. The van der Waals surface area contributed by atoms with E-state index in [0.717, 1.165) is 19.3 Å². The summed E-state index contributed by atoms with van der Waals surface area (Å²) < 4.78 is 5.95. The maximum absolute atomic E-state index is 12.3. The summed E-state index contributed by atoms with van der Waals surface area (Å²) in [6.07, 6.45) is 4.66. The molecule has 0 spiro atoms. The SMILES string of the molecule is CC(C)[C@H]1C[C@@H]2[C@](C)(CC[C@H]3O[C@@]23C)CC1=O. The van der Waals surface area contributed by atoms with Crippen LogP contribution in [0.5, 0.6) is 0 Å². The Hall–Kier alpha value is -0.370. The zero-order valence-corrected chi connectivity index (χ0v) is 11.5. The molecular weight excluding hydrogens is 212 g/mol. The van der Waals surface area contributed by atoms with Gasteiger partial charge in [0.05, 0.1) is 11.7 Å². The molecule has 5 atom stereocenters. The van der Waals surface area contributed by atoms with Gasteiger partial charge in [-0.3, -0.25) is 4.79 Å². The van der Waals surface area contributed by atoms with E-state index in [1.165, 1.54) is 6.42 Å². The van der Waals surface area contributed by atoms with Crippen molar-refractivity contribution >= 4 is 5.78 Å². The van der Waals surface area contributed by atoms with Crippen LogP contribution in [0.3, 0.4) is 0 Å². The molecule has 0 aromatic carbocycles. The normalized spacial score (nSPS) is 53.2. The molecule has 0 amide bonds. The molecule has 96 valence electrons. The summed E-state index contributed by atoms with van der Waals surface area (Å²) in [5.41, 5.74) is 0.311. The highest BCUT2D eigenvalue weighted by molar-refractivity contribution is 5.83. The molecular formula is C15H24O2. The Morgan fingerprint density at radius 2 is 2.06 bits per heavy atom. The average Bonchev–Trinajstić information content (AvgIpc) is 2.87. The van der Waals surface area contributed by atoms with Crippen molar-refractivity contribution in [3.63, 3.8) is 0 Å². The van der Waals surface area contributed by atoms with Gasteiger partial charge in [-0.15, -0.1) is 0 Å². The van der Waals surface area contributed by atoms with Crippen LogP contribution in [-0.4, -0.2) is 17.5 Å². The number of ketones is 1. The molecule has 0 unspecified atom stereocenters. The molecule has 0 N–H and O–H groups in total. The van der Waals surface area contributed by atoms with Crippen molar-refractivity contribution in [1.82, 2.24) is 0 Å². The van der Waals surface area contributed by atoms with E-state index in [0.29, 0.717) is 23.7 Å². The molecule has 2 saturated carbocycles. The van der Waals surface area contributed by atoms with Crippen LogP contribution < -0.4 is 0 Å². The fraction of sp³-hybridized carbons (Fsp3) is 0.933. The molecule has 3 rings (SSSR count). The summed E-state index contributed by atoms with van der Waals surface area (Å²) in [6.45, 7) is 8.95. The monoisotopic (exact) mass is 236 g/mol. The number of carbonyl (C=O) groups excluding carboxylic acids is 1. The summed E-state index contributed by atoms with van der Waals surface area (Å²) in [5.74, 6) is 1.85. The topological polar surface area (TPSA) is 29.6 Å². The van der Waals surface area contributed by atoms with Crippen molar-refractivity contribution in [1.29, 1.82) is 0 Å². The summed E-state index contributed by atoms with van der Waals surface area (Å²) in [6, 6.07) is 0. The van der Waals surface area contributed by atoms with Crippen LogP contribution in [0.1, 0.15) is 53.4 Å².